The Morgan fingerprint density at radius 1 is 1.50 bits per heavy atom. The van der Waals surface area contributed by atoms with Crippen molar-refractivity contribution in [1.29, 1.82) is 0 Å². The van der Waals surface area contributed by atoms with Crippen molar-refractivity contribution in [3.8, 4) is 0 Å². The molecule has 0 bridgehead atoms. The lowest BCUT2D eigenvalue weighted by Gasteiger charge is -2.12. The highest BCUT2D eigenvalue weighted by Crippen LogP contribution is 2.23. The molecule has 0 saturated carbocycles. The van der Waals surface area contributed by atoms with Gasteiger partial charge in [-0.05, 0) is 0 Å². The maximum Gasteiger partial charge on any atom is 0.360 e. The van der Waals surface area contributed by atoms with Crippen molar-refractivity contribution in [3.63, 3.8) is 0 Å². The van der Waals surface area contributed by atoms with E-state index in [1.165, 1.54) is 0 Å². The molecule has 0 atom stereocenters. The van der Waals surface area contributed by atoms with E-state index in [9.17, 15) is 4.79 Å². The molecular weight excluding hydrogens is 160 g/mol. The van der Waals surface area contributed by atoms with E-state index in [1.807, 2.05) is 20.8 Å². The second-order valence-corrected chi connectivity index (χ2v) is 3.51. The van der Waals surface area contributed by atoms with E-state index in [4.69, 9.17) is 9.63 Å². The minimum atomic E-state index is -1.11. The summed E-state index contributed by atoms with van der Waals surface area (Å²) in [6.07, 6.45) is 0. The van der Waals surface area contributed by atoms with Crippen LogP contribution in [-0.2, 0) is 5.41 Å². The van der Waals surface area contributed by atoms with Crippen molar-refractivity contribution in [1.82, 2.24) is 10.4 Å². The first-order valence-corrected chi connectivity index (χ1v) is 3.49. The van der Waals surface area contributed by atoms with Crippen molar-refractivity contribution in [2.75, 3.05) is 0 Å². The molecule has 0 radical (unpaired) electrons. The van der Waals surface area contributed by atoms with Gasteiger partial charge in [-0.25, -0.2) is 4.79 Å². The van der Waals surface area contributed by atoms with Gasteiger partial charge < -0.3 is 9.63 Å². The third-order valence-electron chi connectivity index (χ3n) is 1.37. The SMILES string of the molecule is CC(C)(C)c1onnc1C(=O)O. The maximum atomic E-state index is 10.6. The van der Waals surface area contributed by atoms with Gasteiger partial charge in [0.25, 0.3) is 0 Å². The first kappa shape index (κ1) is 8.70. The summed E-state index contributed by atoms with van der Waals surface area (Å²) in [5, 5.41) is 15.2. The molecule has 0 spiro atoms. The van der Waals surface area contributed by atoms with Gasteiger partial charge in [-0.3, -0.25) is 0 Å². The predicted molar refractivity (Wildman–Crippen MR) is 40.0 cm³/mol. The molecule has 66 valence electrons. The second kappa shape index (κ2) is 2.58. The Labute approximate surface area is 69.4 Å². The molecule has 1 aromatic heterocycles. The van der Waals surface area contributed by atoms with Gasteiger partial charge in [0.2, 0.25) is 5.69 Å². The van der Waals surface area contributed by atoms with Gasteiger partial charge in [0.1, 0.15) is 0 Å². The van der Waals surface area contributed by atoms with Crippen LogP contribution in [0.3, 0.4) is 0 Å². The average Bonchev–Trinajstić information content (AvgIpc) is 2.30. The Hall–Kier alpha value is -1.39. The maximum absolute atomic E-state index is 10.6. The van der Waals surface area contributed by atoms with Gasteiger partial charge in [-0.15, -0.1) is 5.10 Å². The lowest BCUT2D eigenvalue weighted by Crippen LogP contribution is -2.15. The largest absolute Gasteiger partial charge is 0.476 e. The van der Waals surface area contributed by atoms with Crippen molar-refractivity contribution >= 4 is 5.97 Å². The third kappa shape index (κ3) is 1.44. The highest BCUT2D eigenvalue weighted by Gasteiger charge is 2.28. The molecule has 0 amide bonds. The van der Waals surface area contributed by atoms with Crippen LogP contribution >= 0.6 is 0 Å². The lowest BCUT2D eigenvalue weighted by atomic mass is 9.92. The Morgan fingerprint density at radius 2 is 2.08 bits per heavy atom. The molecule has 5 heteroatoms. The molecular formula is C7H10N2O3. The Morgan fingerprint density at radius 3 is 2.42 bits per heavy atom. The predicted octanol–water partition coefficient (Wildman–Crippen LogP) is 1.07. The molecule has 0 saturated heterocycles. The molecule has 0 fully saturated rings. The lowest BCUT2D eigenvalue weighted by molar-refractivity contribution is 0.0686. The molecule has 1 aromatic rings. The fourth-order valence-corrected chi connectivity index (χ4v) is 0.823. The minimum Gasteiger partial charge on any atom is -0.476 e. The van der Waals surface area contributed by atoms with Gasteiger partial charge >= 0.3 is 5.97 Å². The summed E-state index contributed by atoms with van der Waals surface area (Å²) in [6, 6.07) is 0. The molecule has 0 aliphatic carbocycles. The zero-order chi connectivity index (χ0) is 9.35. The van der Waals surface area contributed by atoms with Crippen molar-refractivity contribution in [2.24, 2.45) is 0 Å². The van der Waals surface area contributed by atoms with E-state index >= 15 is 0 Å². The van der Waals surface area contributed by atoms with Crippen LogP contribution < -0.4 is 0 Å². The van der Waals surface area contributed by atoms with E-state index in [1.54, 1.807) is 0 Å². The molecule has 0 unspecified atom stereocenters. The molecule has 12 heavy (non-hydrogen) atoms. The number of aromatic carboxylic acids is 1. The van der Waals surface area contributed by atoms with Gasteiger partial charge in [-0.1, -0.05) is 20.8 Å². The number of rotatable bonds is 1. The molecule has 1 rings (SSSR count). The van der Waals surface area contributed by atoms with Crippen LogP contribution in [0.5, 0.6) is 0 Å². The third-order valence-corrected chi connectivity index (χ3v) is 1.37. The van der Waals surface area contributed by atoms with Gasteiger partial charge in [-0.2, -0.15) is 0 Å². The van der Waals surface area contributed by atoms with Gasteiger partial charge in [0, 0.05) is 10.7 Å². The first-order chi connectivity index (χ1) is 5.43. The molecule has 0 aliphatic rings. The highest BCUT2D eigenvalue weighted by atomic mass is 16.5. The zero-order valence-corrected chi connectivity index (χ0v) is 7.16. The smallest absolute Gasteiger partial charge is 0.360 e. The van der Waals surface area contributed by atoms with Crippen LogP contribution in [0.4, 0.5) is 0 Å². The molecule has 0 aromatic carbocycles. The average molecular weight is 170 g/mol. The summed E-state index contributed by atoms with van der Waals surface area (Å²) < 4.78 is 4.75. The summed E-state index contributed by atoms with van der Waals surface area (Å²) in [5.41, 5.74) is -0.487. The summed E-state index contributed by atoms with van der Waals surface area (Å²) in [6.45, 7) is 5.50. The fraction of sp³-hybridized carbons (Fsp3) is 0.571. The topological polar surface area (TPSA) is 76.2 Å². The van der Waals surface area contributed by atoms with Crippen LogP contribution in [0.2, 0.25) is 0 Å². The number of carbonyl (C=O) groups is 1. The normalized spacial score (nSPS) is 11.6. The van der Waals surface area contributed by atoms with E-state index in [0.29, 0.717) is 5.76 Å². The standard InChI is InChI=1S/C7H10N2O3/c1-7(2,3)5-4(6(10)11)8-9-12-5/h1-3H3,(H,10,11). The Balaban J connectivity index is 3.17. The van der Waals surface area contributed by atoms with Crippen LogP contribution in [0.25, 0.3) is 0 Å². The van der Waals surface area contributed by atoms with E-state index in [-0.39, 0.29) is 11.1 Å². The van der Waals surface area contributed by atoms with Crippen LogP contribution in [-0.4, -0.2) is 21.4 Å². The molecule has 1 N–H and O–H groups in total. The van der Waals surface area contributed by atoms with Crippen molar-refractivity contribution < 1.29 is 14.4 Å². The van der Waals surface area contributed by atoms with E-state index in [2.05, 4.69) is 10.4 Å². The van der Waals surface area contributed by atoms with Gasteiger partial charge in [0.05, 0.1) is 0 Å². The quantitative estimate of drug-likeness (QED) is 0.682. The second-order valence-electron chi connectivity index (χ2n) is 3.51. The first-order valence-electron chi connectivity index (χ1n) is 3.49. The minimum absolute atomic E-state index is 0.109. The molecule has 1 heterocycles. The highest BCUT2D eigenvalue weighted by molar-refractivity contribution is 5.86. The van der Waals surface area contributed by atoms with Gasteiger partial charge in [0.15, 0.2) is 5.76 Å². The number of hydrogen-bond acceptors (Lipinski definition) is 4. The zero-order valence-electron chi connectivity index (χ0n) is 7.16. The van der Waals surface area contributed by atoms with E-state index < -0.39 is 5.97 Å². The number of aromatic nitrogens is 2. The number of hydrogen-bond donors (Lipinski definition) is 1. The van der Waals surface area contributed by atoms with E-state index in [0.717, 1.165) is 0 Å². The number of carboxylic acids is 1. The van der Waals surface area contributed by atoms with Crippen LogP contribution in [0.15, 0.2) is 4.52 Å². The molecule has 5 nitrogen and oxygen atoms in total. The number of nitrogens with zero attached hydrogens (tertiary/aromatic N) is 2. The van der Waals surface area contributed by atoms with Crippen LogP contribution in [0.1, 0.15) is 37.0 Å². The summed E-state index contributed by atoms with van der Waals surface area (Å²) >= 11 is 0. The summed E-state index contributed by atoms with van der Waals surface area (Å²) in [5.74, 6) is -0.809. The summed E-state index contributed by atoms with van der Waals surface area (Å²) in [4.78, 5) is 10.6. The Kier molecular flexibility index (Phi) is 1.87. The molecule has 0 aliphatic heterocycles. The monoisotopic (exact) mass is 170 g/mol. The van der Waals surface area contributed by atoms with Crippen molar-refractivity contribution in [2.45, 2.75) is 26.2 Å². The fourth-order valence-electron chi connectivity index (χ4n) is 0.823. The van der Waals surface area contributed by atoms with Crippen molar-refractivity contribution in [3.05, 3.63) is 11.5 Å². The summed E-state index contributed by atoms with van der Waals surface area (Å²) in [7, 11) is 0. The Bertz CT molecular complexity index is 298. The number of carboxylic acid groups (broad SMARTS) is 1. The van der Waals surface area contributed by atoms with Crippen LogP contribution in [0, 0.1) is 0 Å².